The topological polar surface area (TPSA) is 0 Å². The quantitative estimate of drug-likeness (QED) is 0.409. The first-order valence-corrected chi connectivity index (χ1v) is 4.22. The van der Waals surface area contributed by atoms with Crippen molar-refractivity contribution >= 4 is 12.6 Å². The number of unbranched alkanes of at least 4 members (excludes halogenated alkanes) is 3. The summed E-state index contributed by atoms with van der Waals surface area (Å²) in [6.45, 7) is 2.22. The smallest absolute Gasteiger partial charge is 0.0217 e. The van der Waals surface area contributed by atoms with Crippen LogP contribution in [-0.4, -0.2) is 5.75 Å². The van der Waals surface area contributed by atoms with Crippen molar-refractivity contribution in [1.29, 1.82) is 0 Å². The zero-order valence-corrected chi connectivity index (χ0v) is 6.91. The molecule has 0 saturated carbocycles. The van der Waals surface area contributed by atoms with Gasteiger partial charge in [-0.05, 0) is 12.8 Å². The first-order chi connectivity index (χ1) is 4.41. The summed E-state index contributed by atoms with van der Waals surface area (Å²) in [6.07, 6.45) is 9.43. The molecule has 0 nitrogen and oxygen atoms in total. The van der Waals surface area contributed by atoms with Crippen LogP contribution in [0.5, 0.6) is 0 Å². The maximum atomic E-state index is 4.74. The summed E-state index contributed by atoms with van der Waals surface area (Å²) in [6, 6.07) is 0. The van der Waals surface area contributed by atoms with E-state index in [-0.39, 0.29) is 0 Å². The average Bonchev–Trinajstić information content (AvgIpc) is 1.89. The molecule has 0 aliphatic rings. The minimum absolute atomic E-state index is 0.770. The van der Waals surface area contributed by atoms with Crippen LogP contribution in [0.2, 0.25) is 0 Å². The minimum Gasteiger partial charge on any atom is -0.0897 e. The highest BCUT2D eigenvalue weighted by Crippen LogP contribution is 1.99. The normalized spacial score (nSPS) is 10.9. The monoisotopic (exact) mass is 143 g/mol. The van der Waals surface area contributed by atoms with Crippen LogP contribution in [0.15, 0.2) is 12.2 Å². The van der Waals surface area contributed by atoms with Crippen molar-refractivity contribution < 1.29 is 0 Å². The van der Waals surface area contributed by atoms with Gasteiger partial charge in [-0.3, -0.25) is 0 Å². The number of rotatable bonds is 5. The lowest BCUT2D eigenvalue weighted by molar-refractivity contribution is 0.729. The molecule has 0 aromatic heterocycles. The van der Waals surface area contributed by atoms with Gasteiger partial charge in [-0.25, -0.2) is 0 Å². The Labute approximate surface area is 63.8 Å². The summed E-state index contributed by atoms with van der Waals surface area (Å²) in [5.74, 6) is 0.770. The van der Waals surface area contributed by atoms with Crippen LogP contribution in [0.4, 0.5) is 0 Å². The van der Waals surface area contributed by atoms with Crippen molar-refractivity contribution in [3.05, 3.63) is 12.2 Å². The van der Waals surface area contributed by atoms with Crippen LogP contribution in [0, 0.1) is 0 Å². The van der Waals surface area contributed by atoms with Crippen molar-refractivity contribution in [2.75, 3.05) is 5.75 Å². The van der Waals surface area contributed by atoms with Gasteiger partial charge in [-0.2, -0.15) is 0 Å². The average molecular weight is 143 g/mol. The maximum Gasteiger partial charge on any atom is 0.0217 e. The van der Waals surface area contributed by atoms with Gasteiger partial charge >= 0.3 is 0 Å². The summed E-state index contributed by atoms with van der Waals surface area (Å²) in [5, 5.41) is 0. The van der Waals surface area contributed by atoms with E-state index in [9.17, 15) is 0 Å². The van der Waals surface area contributed by atoms with E-state index in [1.165, 1.54) is 25.7 Å². The van der Waals surface area contributed by atoms with Crippen LogP contribution in [0.1, 0.15) is 32.6 Å². The highest BCUT2D eigenvalue weighted by Gasteiger charge is 1.79. The third-order valence-electron chi connectivity index (χ3n) is 1.24. The second-order valence-corrected chi connectivity index (χ2v) is 2.47. The largest absolute Gasteiger partial charge is 0.0897 e. The Morgan fingerprint density at radius 1 is 1.22 bits per heavy atom. The third-order valence-corrected chi connectivity index (χ3v) is 1.43. The molecule has 0 spiro atoms. The Balaban J connectivity index is 2.82. The molecule has 1 heteroatoms. The van der Waals surface area contributed by atoms with Crippen molar-refractivity contribution in [2.45, 2.75) is 32.6 Å². The SMILES string of the molecule is CCCCC/C=C/C[S]. The first-order valence-electron chi connectivity index (χ1n) is 3.65. The van der Waals surface area contributed by atoms with Crippen LogP contribution >= 0.6 is 12.6 Å². The second-order valence-electron chi connectivity index (χ2n) is 2.13. The number of allylic oxidation sites excluding steroid dienone is 1. The van der Waals surface area contributed by atoms with E-state index in [2.05, 4.69) is 19.1 Å². The fourth-order valence-electron chi connectivity index (χ4n) is 0.698. The second kappa shape index (κ2) is 8.09. The van der Waals surface area contributed by atoms with Gasteiger partial charge in [0.2, 0.25) is 0 Å². The van der Waals surface area contributed by atoms with Gasteiger partial charge in [0.25, 0.3) is 0 Å². The lowest BCUT2D eigenvalue weighted by atomic mass is 10.2. The molecule has 0 unspecified atom stereocenters. The standard InChI is InChI=1S/C8H15S/c1-2-3-4-5-6-7-8-9/h6-7H,2-5,8H2,1H3/b7-6+. The molecule has 0 rings (SSSR count). The highest BCUT2D eigenvalue weighted by molar-refractivity contribution is 7.80. The van der Waals surface area contributed by atoms with Gasteiger partial charge in [-0.15, -0.1) is 0 Å². The molecule has 0 aromatic carbocycles. The van der Waals surface area contributed by atoms with E-state index in [4.69, 9.17) is 12.6 Å². The van der Waals surface area contributed by atoms with E-state index in [0.717, 1.165) is 5.75 Å². The molecule has 0 fully saturated rings. The van der Waals surface area contributed by atoms with E-state index in [0.29, 0.717) is 0 Å². The molecule has 0 N–H and O–H groups in total. The van der Waals surface area contributed by atoms with E-state index >= 15 is 0 Å². The Kier molecular flexibility index (Phi) is 8.17. The van der Waals surface area contributed by atoms with E-state index in [1.54, 1.807) is 0 Å². The predicted molar refractivity (Wildman–Crippen MR) is 45.7 cm³/mol. The van der Waals surface area contributed by atoms with Crippen LogP contribution in [-0.2, 0) is 0 Å². The molecule has 0 aliphatic carbocycles. The molecule has 0 bridgehead atoms. The Hall–Kier alpha value is 0.0900. The lowest BCUT2D eigenvalue weighted by Crippen LogP contribution is -1.70. The Morgan fingerprint density at radius 3 is 2.56 bits per heavy atom. The molecular formula is C8H15S. The Morgan fingerprint density at radius 2 is 2.00 bits per heavy atom. The molecule has 0 amide bonds. The highest BCUT2D eigenvalue weighted by atomic mass is 32.1. The molecule has 0 aromatic rings. The first kappa shape index (κ1) is 9.09. The van der Waals surface area contributed by atoms with Gasteiger partial charge in [-0.1, -0.05) is 44.5 Å². The van der Waals surface area contributed by atoms with Crippen molar-refractivity contribution in [3.63, 3.8) is 0 Å². The number of hydrogen-bond acceptors (Lipinski definition) is 0. The lowest BCUT2D eigenvalue weighted by Gasteiger charge is -1.89. The summed E-state index contributed by atoms with van der Waals surface area (Å²) in [4.78, 5) is 0. The molecule has 1 radical (unpaired) electrons. The van der Waals surface area contributed by atoms with Crippen molar-refractivity contribution in [1.82, 2.24) is 0 Å². The van der Waals surface area contributed by atoms with Gasteiger partial charge < -0.3 is 0 Å². The van der Waals surface area contributed by atoms with E-state index < -0.39 is 0 Å². The summed E-state index contributed by atoms with van der Waals surface area (Å²) < 4.78 is 0. The number of hydrogen-bond donors (Lipinski definition) is 0. The van der Waals surface area contributed by atoms with Gasteiger partial charge in [0.15, 0.2) is 0 Å². The summed E-state index contributed by atoms with van der Waals surface area (Å²) in [5.41, 5.74) is 0. The van der Waals surface area contributed by atoms with Crippen LogP contribution in [0.25, 0.3) is 0 Å². The van der Waals surface area contributed by atoms with E-state index in [1.807, 2.05) is 0 Å². The Bertz CT molecular complexity index is 67.0. The maximum absolute atomic E-state index is 4.74. The summed E-state index contributed by atoms with van der Waals surface area (Å²) >= 11 is 4.74. The zero-order chi connectivity index (χ0) is 6.95. The molecule has 0 saturated heterocycles. The van der Waals surface area contributed by atoms with Gasteiger partial charge in [0.05, 0.1) is 0 Å². The molecule has 9 heavy (non-hydrogen) atoms. The fourth-order valence-corrected chi connectivity index (χ4v) is 0.834. The fraction of sp³-hybridized carbons (Fsp3) is 0.750. The molecule has 53 valence electrons. The van der Waals surface area contributed by atoms with Crippen molar-refractivity contribution in [2.24, 2.45) is 0 Å². The molecule has 0 heterocycles. The summed E-state index contributed by atoms with van der Waals surface area (Å²) in [7, 11) is 0. The zero-order valence-electron chi connectivity index (χ0n) is 6.10. The van der Waals surface area contributed by atoms with Crippen molar-refractivity contribution in [3.8, 4) is 0 Å². The molecule has 0 atom stereocenters. The van der Waals surface area contributed by atoms with Crippen LogP contribution < -0.4 is 0 Å². The van der Waals surface area contributed by atoms with Gasteiger partial charge in [0.1, 0.15) is 0 Å². The van der Waals surface area contributed by atoms with Gasteiger partial charge in [0, 0.05) is 5.75 Å². The molecule has 0 aliphatic heterocycles. The predicted octanol–water partition coefficient (Wildman–Crippen LogP) is 3.32. The third kappa shape index (κ3) is 8.09. The van der Waals surface area contributed by atoms with Crippen LogP contribution in [0.3, 0.4) is 0 Å². The minimum atomic E-state index is 0.770. The molecular weight excluding hydrogens is 128 g/mol.